The van der Waals surface area contributed by atoms with Crippen molar-refractivity contribution in [3.8, 4) is 5.75 Å². The van der Waals surface area contributed by atoms with Crippen LogP contribution in [0.25, 0.3) is 0 Å². The predicted octanol–water partition coefficient (Wildman–Crippen LogP) is 4.63. The Labute approximate surface area is 211 Å². The highest BCUT2D eigenvalue weighted by Crippen LogP contribution is 2.33. The van der Waals surface area contributed by atoms with E-state index in [9.17, 15) is 18.0 Å². The summed E-state index contributed by atoms with van der Waals surface area (Å²) >= 11 is 0. The number of esters is 1. The normalized spacial score (nSPS) is 11.0. The van der Waals surface area contributed by atoms with Crippen molar-refractivity contribution < 1.29 is 27.5 Å². The van der Waals surface area contributed by atoms with Gasteiger partial charge in [0.15, 0.2) is 0 Å². The topological polar surface area (TPSA) is 102 Å². The molecule has 0 atom stereocenters. The smallest absolute Gasteiger partial charge is 0.338 e. The van der Waals surface area contributed by atoms with Gasteiger partial charge in [0.1, 0.15) is 12.3 Å². The van der Waals surface area contributed by atoms with Crippen LogP contribution in [-0.2, 0) is 19.6 Å². The molecule has 36 heavy (non-hydrogen) atoms. The van der Waals surface area contributed by atoms with Gasteiger partial charge in [-0.1, -0.05) is 23.8 Å². The number of benzene rings is 3. The lowest BCUT2D eigenvalue weighted by Gasteiger charge is -2.26. The van der Waals surface area contributed by atoms with E-state index in [4.69, 9.17) is 9.47 Å². The molecule has 1 N–H and O–H groups in total. The van der Waals surface area contributed by atoms with Gasteiger partial charge < -0.3 is 14.8 Å². The number of hydrogen-bond donors (Lipinski definition) is 1. The van der Waals surface area contributed by atoms with Crippen molar-refractivity contribution in [1.82, 2.24) is 0 Å². The molecule has 3 aromatic rings. The van der Waals surface area contributed by atoms with Gasteiger partial charge in [-0.3, -0.25) is 9.10 Å². The minimum Gasteiger partial charge on any atom is -0.495 e. The molecule has 0 aromatic heterocycles. The molecule has 0 bridgehead atoms. The number of nitrogens with one attached hydrogen (secondary N) is 1. The fourth-order valence-corrected chi connectivity index (χ4v) is 5.02. The van der Waals surface area contributed by atoms with Crippen LogP contribution in [0.1, 0.15) is 34.0 Å². The van der Waals surface area contributed by atoms with Crippen LogP contribution in [-0.4, -0.2) is 40.6 Å². The maximum absolute atomic E-state index is 13.7. The van der Waals surface area contributed by atoms with E-state index in [0.717, 1.165) is 15.4 Å². The lowest BCUT2D eigenvalue weighted by atomic mass is 10.1. The quantitative estimate of drug-likeness (QED) is 0.421. The van der Waals surface area contributed by atoms with Gasteiger partial charge in [-0.25, -0.2) is 13.2 Å². The maximum atomic E-state index is 13.7. The molecule has 0 saturated heterocycles. The Kier molecular flexibility index (Phi) is 8.37. The zero-order valence-corrected chi connectivity index (χ0v) is 21.8. The number of ether oxygens (including phenoxy) is 2. The van der Waals surface area contributed by atoms with Crippen molar-refractivity contribution in [1.29, 1.82) is 0 Å². The number of carbonyl (C=O) groups is 2. The lowest BCUT2D eigenvalue weighted by Crippen LogP contribution is -2.38. The van der Waals surface area contributed by atoms with Crippen LogP contribution in [0.5, 0.6) is 5.75 Å². The number of rotatable bonds is 9. The third-order valence-corrected chi connectivity index (χ3v) is 7.28. The third-order valence-electron chi connectivity index (χ3n) is 5.51. The van der Waals surface area contributed by atoms with Crippen molar-refractivity contribution in [3.05, 3.63) is 82.9 Å². The summed E-state index contributed by atoms with van der Waals surface area (Å²) in [6.07, 6.45) is 0. The first-order chi connectivity index (χ1) is 17.1. The summed E-state index contributed by atoms with van der Waals surface area (Å²) in [6.45, 7) is 6.91. The van der Waals surface area contributed by atoms with E-state index in [1.165, 1.54) is 19.2 Å². The summed E-state index contributed by atoms with van der Waals surface area (Å²) in [5.41, 5.74) is 3.42. The predicted molar refractivity (Wildman–Crippen MR) is 139 cm³/mol. The van der Waals surface area contributed by atoms with Gasteiger partial charge in [0, 0.05) is 5.69 Å². The SMILES string of the molecule is CCOC(=O)c1ccc(NC(=O)CN(c2cc(C)ccc2OC)S(=O)(=O)c2ccc(C)cc2)c(C)c1. The van der Waals surface area contributed by atoms with Crippen molar-refractivity contribution in [3.63, 3.8) is 0 Å². The van der Waals surface area contributed by atoms with Crippen LogP contribution in [0, 0.1) is 20.8 Å². The maximum Gasteiger partial charge on any atom is 0.338 e. The van der Waals surface area contributed by atoms with Gasteiger partial charge in [0.2, 0.25) is 5.91 Å². The van der Waals surface area contributed by atoms with Crippen molar-refractivity contribution in [2.45, 2.75) is 32.6 Å². The Morgan fingerprint density at radius 1 is 0.917 bits per heavy atom. The summed E-state index contributed by atoms with van der Waals surface area (Å²) in [7, 11) is -2.67. The molecule has 0 heterocycles. The lowest BCUT2D eigenvalue weighted by molar-refractivity contribution is -0.114. The summed E-state index contributed by atoms with van der Waals surface area (Å²) in [5.74, 6) is -0.694. The van der Waals surface area contributed by atoms with Crippen LogP contribution in [0.4, 0.5) is 11.4 Å². The van der Waals surface area contributed by atoms with E-state index < -0.39 is 28.4 Å². The number of hydrogen-bond acceptors (Lipinski definition) is 6. The van der Waals surface area contributed by atoms with Crippen molar-refractivity contribution in [2.24, 2.45) is 0 Å². The Bertz CT molecular complexity index is 1370. The fraction of sp³-hybridized carbons (Fsp3) is 0.259. The number of amides is 1. The molecular formula is C27H30N2O6S. The first-order valence-corrected chi connectivity index (χ1v) is 12.8. The second-order valence-electron chi connectivity index (χ2n) is 8.30. The molecule has 0 spiro atoms. The summed E-state index contributed by atoms with van der Waals surface area (Å²) in [4.78, 5) is 25.2. The summed E-state index contributed by atoms with van der Waals surface area (Å²) in [5, 5.41) is 2.76. The monoisotopic (exact) mass is 510 g/mol. The van der Waals surface area contributed by atoms with Crippen LogP contribution in [0.3, 0.4) is 0 Å². The molecule has 190 valence electrons. The van der Waals surface area contributed by atoms with Gasteiger partial charge in [-0.05, 0) is 81.3 Å². The molecule has 0 saturated carbocycles. The second-order valence-corrected chi connectivity index (χ2v) is 10.2. The molecule has 3 aromatic carbocycles. The minimum atomic E-state index is -4.11. The molecule has 0 fully saturated rings. The Morgan fingerprint density at radius 3 is 2.19 bits per heavy atom. The van der Waals surface area contributed by atoms with Gasteiger partial charge in [0.05, 0.1) is 29.9 Å². The van der Waals surface area contributed by atoms with E-state index >= 15 is 0 Å². The fourth-order valence-electron chi connectivity index (χ4n) is 3.60. The minimum absolute atomic E-state index is 0.0550. The van der Waals surface area contributed by atoms with Crippen LogP contribution in [0.2, 0.25) is 0 Å². The van der Waals surface area contributed by atoms with Crippen LogP contribution >= 0.6 is 0 Å². The second kappa shape index (κ2) is 11.3. The van der Waals surface area contributed by atoms with Gasteiger partial charge in [0.25, 0.3) is 10.0 Å². The van der Waals surface area contributed by atoms with E-state index in [0.29, 0.717) is 22.6 Å². The van der Waals surface area contributed by atoms with E-state index in [1.807, 2.05) is 13.8 Å². The van der Waals surface area contributed by atoms with E-state index in [-0.39, 0.29) is 17.2 Å². The molecule has 0 aliphatic heterocycles. The van der Waals surface area contributed by atoms with Gasteiger partial charge >= 0.3 is 5.97 Å². The highest BCUT2D eigenvalue weighted by atomic mass is 32.2. The number of methoxy groups -OCH3 is 1. The Hall–Kier alpha value is -3.85. The van der Waals surface area contributed by atoms with Gasteiger partial charge in [-0.15, -0.1) is 0 Å². The molecule has 3 rings (SSSR count). The third kappa shape index (κ3) is 6.04. The average Bonchev–Trinajstić information content (AvgIpc) is 2.84. The molecule has 0 aliphatic rings. The first kappa shape index (κ1) is 26.7. The van der Waals surface area contributed by atoms with E-state index in [1.54, 1.807) is 62.4 Å². The Balaban J connectivity index is 1.96. The van der Waals surface area contributed by atoms with Crippen LogP contribution in [0.15, 0.2) is 65.6 Å². The standard InChI is InChI=1S/C27H30N2O6S/c1-6-35-27(31)21-10-13-23(20(4)16-21)28-26(30)17-29(24-15-19(3)9-14-25(24)34-5)36(32,33)22-11-7-18(2)8-12-22/h7-16H,6,17H2,1-5H3,(H,28,30). The zero-order chi connectivity index (χ0) is 26.5. The average molecular weight is 511 g/mol. The summed E-state index contributed by atoms with van der Waals surface area (Å²) in [6, 6.07) is 16.3. The molecular weight excluding hydrogens is 480 g/mol. The highest BCUT2D eigenvalue weighted by molar-refractivity contribution is 7.92. The number of sulfonamides is 1. The molecule has 0 aliphatic carbocycles. The Morgan fingerprint density at radius 2 is 1.58 bits per heavy atom. The molecule has 0 unspecified atom stereocenters. The number of carbonyl (C=O) groups excluding carboxylic acids is 2. The van der Waals surface area contributed by atoms with Gasteiger partial charge in [-0.2, -0.15) is 0 Å². The molecule has 0 radical (unpaired) electrons. The number of nitrogens with zero attached hydrogens (tertiary/aromatic N) is 1. The summed E-state index contributed by atoms with van der Waals surface area (Å²) < 4.78 is 38.9. The number of anilines is 2. The largest absolute Gasteiger partial charge is 0.495 e. The van der Waals surface area contributed by atoms with Crippen molar-refractivity contribution >= 4 is 33.3 Å². The molecule has 8 nitrogen and oxygen atoms in total. The van der Waals surface area contributed by atoms with Crippen molar-refractivity contribution in [2.75, 3.05) is 29.9 Å². The van der Waals surface area contributed by atoms with E-state index in [2.05, 4.69) is 5.32 Å². The zero-order valence-electron chi connectivity index (χ0n) is 21.0. The molecule has 1 amide bonds. The van der Waals surface area contributed by atoms with Crippen LogP contribution < -0.4 is 14.4 Å². The highest BCUT2D eigenvalue weighted by Gasteiger charge is 2.30. The molecule has 9 heteroatoms. The number of aryl methyl sites for hydroxylation is 3. The first-order valence-electron chi connectivity index (χ1n) is 11.4.